The van der Waals surface area contributed by atoms with Crippen molar-refractivity contribution in [2.24, 2.45) is 0 Å². The molecular weight excluding hydrogens is 369 g/mol. The second-order valence-corrected chi connectivity index (χ2v) is 5.48. The van der Waals surface area contributed by atoms with Gasteiger partial charge in [-0.3, -0.25) is 0 Å². The van der Waals surface area contributed by atoms with Crippen LogP contribution in [0.4, 0.5) is 32.4 Å². The summed E-state index contributed by atoms with van der Waals surface area (Å²) in [5, 5.41) is 6.10. The SMILES string of the molecule is O=C(Nc1ccccc1-c1cc(F)c(F)cc1F)n1c[c]c(CC(F)F)n1. The second kappa shape index (κ2) is 7.56. The van der Waals surface area contributed by atoms with E-state index in [0.717, 1.165) is 10.9 Å². The number of anilines is 1. The molecule has 139 valence electrons. The van der Waals surface area contributed by atoms with Crippen molar-refractivity contribution in [3.8, 4) is 11.1 Å². The third kappa shape index (κ3) is 4.13. The number of carbonyl (C=O) groups excluding carboxylic acids is 1. The third-order valence-electron chi connectivity index (χ3n) is 3.61. The molecule has 27 heavy (non-hydrogen) atoms. The van der Waals surface area contributed by atoms with E-state index in [1.165, 1.54) is 24.3 Å². The number of carbonyl (C=O) groups is 1. The van der Waals surface area contributed by atoms with Crippen LogP contribution < -0.4 is 5.32 Å². The van der Waals surface area contributed by atoms with E-state index in [-0.39, 0.29) is 22.5 Å². The molecule has 2 aromatic carbocycles. The summed E-state index contributed by atoms with van der Waals surface area (Å²) >= 11 is 0. The Kier molecular flexibility index (Phi) is 5.20. The lowest BCUT2D eigenvalue weighted by molar-refractivity contribution is 0.147. The number of para-hydroxylation sites is 1. The summed E-state index contributed by atoms with van der Waals surface area (Å²) in [4.78, 5) is 12.3. The van der Waals surface area contributed by atoms with Crippen molar-refractivity contribution in [1.82, 2.24) is 9.78 Å². The van der Waals surface area contributed by atoms with Gasteiger partial charge in [0.15, 0.2) is 11.6 Å². The van der Waals surface area contributed by atoms with Crippen LogP contribution in [0.15, 0.2) is 42.6 Å². The third-order valence-corrected chi connectivity index (χ3v) is 3.61. The summed E-state index contributed by atoms with van der Waals surface area (Å²) in [7, 11) is 0. The molecule has 0 fully saturated rings. The van der Waals surface area contributed by atoms with Crippen molar-refractivity contribution in [2.75, 3.05) is 5.32 Å². The zero-order valence-electron chi connectivity index (χ0n) is 13.5. The molecule has 1 heterocycles. The molecule has 0 aliphatic heterocycles. The molecule has 9 heteroatoms. The summed E-state index contributed by atoms with van der Waals surface area (Å²) in [6.45, 7) is 0. The van der Waals surface area contributed by atoms with Gasteiger partial charge in [-0.15, -0.1) is 0 Å². The van der Waals surface area contributed by atoms with E-state index in [2.05, 4.69) is 16.5 Å². The van der Waals surface area contributed by atoms with Gasteiger partial charge in [0.25, 0.3) is 0 Å². The molecule has 1 N–H and O–H groups in total. The van der Waals surface area contributed by atoms with Crippen LogP contribution in [0, 0.1) is 23.5 Å². The minimum Gasteiger partial charge on any atom is -0.305 e. The summed E-state index contributed by atoms with van der Waals surface area (Å²) in [5.41, 5.74) is -0.153. The minimum absolute atomic E-state index is 0.0957. The van der Waals surface area contributed by atoms with Crippen molar-refractivity contribution in [3.05, 3.63) is 71.8 Å². The molecule has 0 unspecified atom stereocenters. The van der Waals surface area contributed by atoms with Crippen LogP contribution in [-0.2, 0) is 6.42 Å². The van der Waals surface area contributed by atoms with Gasteiger partial charge in [-0.1, -0.05) is 18.2 Å². The molecule has 3 aromatic rings. The van der Waals surface area contributed by atoms with Crippen LogP contribution in [0.1, 0.15) is 5.69 Å². The number of hydrogen-bond donors (Lipinski definition) is 1. The number of aromatic nitrogens is 2. The fourth-order valence-electron chi connectivity index (χ4n) is 2.40. The molecule has 4 nitrogen and oxygen atoms in total. The van der Waals surface area contributed by atoms with E-state index < -0.39 is 36.3 Å². The first-order chi connectivity index (χ1) is 12.8. The van der Waals surface area contributed by atoms with Gasteiger partial charge >= 0.3 is 6.03 Å². The van der Waals surface area contributed by atoms with Crippen LogP contribution in [0.3, 0.4) is 0 Å². The summed E-state index contributed by atoms with van der Waals surface area (Å²) in [5.74, 6) is -3.59. The molecular formula is C18H11F5N3O. The van der Waals surface area contributed by atoms with Crippen molar-refractivity contribution >= 4 is 11.7 Å². The highest BCUT2D eigenvalue weighted by molar-refractivity contribution is 5.95. The monoisotopic (exact) mass is 380 g/mol. The fourth-order valence-corrected chi connectivity index (χ4v) is 2.40. The minimum atomic E-state index is -2.63. The predicted octanol–water partition coefficient (Wildman–Crippen LogP) is 4.66. The molecule has 1 aromatic heterocycles. The maximum Gasteiger partial charge on any atom is 0.346 e. The molecule has 0 bridgehead atoms. The van der Waals surface area contributed by atoms with Gasteiger partial charge in [0.2, 0.25) is 6.43 Å². The Balaban J connectivity index is 1.90. The molecule has 1 amide bonds. The zero-order chi connectivity index (χ0) is 19.6. The van der Waals surface area contributed by atoms with Crippen LogP contribution in [0.25, 0.3) is 11.1 Å². The lowest BCUT2D eigenvalue weighted by atomic mass is 10.0. The molecule has 0 aliphatic rings. The number of nitrogens with one attached hydrogen (secondary N) is 1. The van der Waals surface area contributed by atoms with Crippen molar-refractivity contribution in [2.45, 2.75) is 12.8 Å². The first kappa shape index (κ1) is 18.6. The summed E-state index contributed by atoms with van der Waals surface area (Å²) in [6, 6.07) is 8.58. The predicted molar refractivity (Wildman–Crippen MR) is 86.9 cm³/mol. The molecule has 3 rings (SSSR count). The Morgan fingerprint density at radius 2 is 1.78 bits per heavy atom. The number of benzene rings is 2. The topological polar surface area (TPSA) is 46.9 Å². The van der Waals surface area contributed by atoms with E-state index in [4.69, 9.17) is 0 Å². The first-order valence-corrected chi connectivity index (χ1v) is 7.65. The van der Waals surface area contributed by atoms with Crippen LogP contribution in [0.2, 0.25) is 0 Å². The number of amides is 1. The highest BCUT2D eigenvalue weighted by Crippen LogP contribution is 2.31. The molecule has 1 radical (unpaired) electrons. The standard InChI is InChI=1S/C18H11F5N3O/c19-13-9-15(21)14(20)8-12(13)11-3-1-2-4-16(11)24-18(27)26-6-5-10(25-26)7-17(22)23/h1-4,6,8-9,17H,7H2,(H,24,27). The maximum atomic E-state index is 14.1. The Bertz CT molecular complexity index is 987. The van der Waals surface area contributed by atoms with Gasteiger partial charge in [0.05, 0.1) is 17.8 Å². The molecule has 0 aliphatic carbocycles. The largest absolute Gasteiger partial charge is 0.346 e. The summed E-state index contributed by atoms with van der Waals surface area (Å²) in [6.07, 6.45) is -2.21. The Morgan fingerprint density at radius 1 is 1.07 bits per heavy atom. The van der Waals surface area contributed by atoms with Gasteiger partial charge in [-0.05, 0) is 12.1 Å². The lowest BCUT2D eigenvalue weighted by Gasteiger charge is -2.12. The Morgan fingerprint density at radius 3 is 2.52 bits per heavy atom. The molecule has 0 saturated carbocycles. The highest BCUT2D eigenvalue weighted by atomic mass is 19.3. The molecule has 0 saturated heterocycles. The van der Waals surface area contributed by atoms with Crippen molar-refractivity contribution in [3.63, 3.8) is 0 Å². The van der Waals surface area contributed by atoms with Gasteiger partial charge in [0.1, 0.15) is 5.82 Å². The normalized spacial score (nSPS) is 11.0. The molecule has 0 spiro atoms. The van der Waals surface area contributed by atoms with E-state index in [1.807, 2.05) is 0 Å². The van der Waals surface area contributed by atoms with Gasteiger partial charge in [-0.25, -0.2) is 26.7 Å². The Labute approximate surface area is 150 Å². The second-order valence-electron chi connectivity index (χ2n) is 5.48. The van der Waals surface area contributed by atoms with Gasteiger partial charge in [-0.2, -0.15) is 9.78 Å². The average Bonchev–Trinajstić information content (AvgIpc) is 3.07. The lowest BCUT2D eigenvalue weighted by Crippen LogP contribution is -2.20. The highest BCUT2D eigenvalue weighted by Gasteiger charge is 2.17. The summed E-state index contributed by atoms with van der Waals surface area (Å²) < 4.78 is 66.2. The maximum absolute atomic E-state index is 14.1. The number of rotatable bonds is 4. The van der Waals surface area contributed by atoms with Crippen molar-refractivity contribution in [1.29, 1.82) is 0 Å². The van der Waals surface area contributed by atoms with E-state index in [0.29, 0.717) is 12.1 Å². The number of halogens is 5. The van der Waals surface area contributed by atoms with E-state index in [9.17, 15) is 26.7 Å². The first-order valence-electron chi connectivity index (χ1n) is 7.65. The molecule has 0 atom stereocenters. The van der Waals surface area contributed by atoms with Crippen LogP contribution in [0.5, 0.6) is 0 Å². The van der Waals surface area contributed by atoms with Crippen LogP contribution >= 0.6 is 0 Å². The average molecular weight is 380 g/mol. The van der Waals surface area contributed by atoms with Crippen LogP contribution in [-0.4, -0.2) is 22.2 Å². The number of nitrogens with zero attached hydrogens (tertiary/aromatic N) is 2. The van der Waals surface area contributed by atoms with Gasteiger partial charge in [0, 0.05) is 29.5 Å². The number of alkyl halides is 2. The van der Waals surface area contributed by atoms with E-state index in [1.54, 1.807) is 0 Å². The van der Waals surface area contributed by atoms with Gasteiger partial charge < -0.3 is 5.32 Å². The Hall–Kier alpha value is -3.23. The fraction of sp³-hybridized carbons (Fsp3) is 0.111. The number of hydrogen-bond acceptors (Lipinski definition) is 2. The van der Waals surface area contributed by atoms with E-state index >= 15 is 0 Å². The zero-order valence-corrected chi connectivity index (χ0v) is 13.5. The quantitative estimate of drug-likeness (QED) is 0.529. The van der Waals surface area contributed by atoms with Crippen molar-refractivity contribution < 1.29 is 26.7 Å². The smallest absolute Gasteiger partial charge is 0.305 e.